The van der Waals surface area contributed by atoms with Crippen LogP contribution in [0.3, 0.4) is 0 Å². The van der Waals surface area contributed by atoms with Crippen molar-refractivity contribution < 1.29 is 0 Å². The van der Waals surface area contributed by atoms with E-state index in [1.54, 1.807) is 18.8 Å². The number of nitrogens with one attached hydrogen (secondary N) is 2. The Balaban J connectivity index is 0.00000312. The van der Waals surface area contributed by atoms with Gasteiger partial charge in [0, 0.05) is 54.1 Å². The molecule has 1 aromatic carbocycles. The Kier molecular flexibility index (Phi) is 9.66. The Morgan fingerprint density at radius 1 is 1.24 bits per heavy atom. The minimum absolute atomic E-state index is 0. The van der Waals surface area contributed by atoms with Gasteiger partial charge in [-0.25, -0.2) is 0 Å². The predicted molar refractivity (Wildman–Crippen MR) is 118 cm³/mol. The van der Waals surface area contributed by atoms with Crippen molar-refractivity contribution in [2.45, 2.75) is 25.3 Å². The van der Waals surface area contributed by atoms with Gasteiger partial charge in [0.25, 0.3) is 0 Å². The summed E-state index contributed by atoms with van der Waals surface area (Å²) in [5.41, 5.74) is 3.45. The number of nitrogens with zero attached hydrogens (tertiary/aromatic N) is 3. The first-order valence-electron chi connectivity index (χ1n) is 7.83. The van der Waals surface area contributed by atoms with Crippen LogP contribution in [0.5, 0.6) is 0 Å². The van der Waals surface area contributed by atoms with Crippen molar-refractivity contribution >= 4 is 53.3 Å². The average molecular weight is 494 g/mol. The van der Waals surface area contributed by atoms with Crippen LogP contribution in [0.15, 0.2) is 34.2 Å². The molecular weight excluding hydrogens is 469 g/mol. The van der Waals surface area contributed by atoms with Gasteiger partial charge in [0.15, 0.2) is 5.96 Å². The number of hydrogen-bond donors (Lipinski definition) is 2. The number of aryl methyl sites for hydroxylation is 2. The lowest BCUT2D eigenvalue weighted by molar-refractivity contribution is 0.729. The Morgan fingerprint density at radius 2 is 1.92 bits per heavy atom. The average Bonchev–Trinajstić information content (AvgIpc) is 2.81. The molecule has 0 saturated carbocycles. The number of guanidine groups is 1. The van der Waals surface area contributed by atoms with Crippen molar-refractivity contribution in [1.29, 1.82) is 0 Å². The molecule has 2 rings (SSSR count). The first-order valence-corrected chi connectivity index (χ1v) is 9.19. The lowest BCUT2D eigenvalue weighted by Gasteiger charge is -2.12. The Labute approximate surface area is 176 Å². The molecule has 0 fully saturated rings. The second kappa shape index (κ2) is 10.9. The number of aromatic nitrogens is 2. The van der Waals surface area contributed by atoms with Gasteiger partial charge in [-0.3, -0.25) is 9.67 Å². The Morgan fingerprint density at radius 3 is 2.48 bits per heavy atom. The highest BCUT2D eigenvalue weighted by Crippen LogP contribution is 2.19. The van der Waals surface area contributed by atoms with Crippen molar-refractivity contribution in [3.63, 3.8) is 0 Å². The molecule has 1 aromatic heterocycles. The third kappa shape index (κ3) is 6.71. The number of thioether (sulfide) groups is 1. The van der Waals surface area contributed by atoms with E-state index in [0.29, 0.717) is 0 Å². The van der Waals surface area contributed by atoms with Gasteiger partial charge >= 0.3 is 0 Å². The minimum atomic E-state index is 0. The van der Waals surface area contributed by atoms with Gasteiger partial charge in [0.05, 0.1) is 5.69 Å². The first-order chi connectivity index (χ1) is 11.5. The van der Waals surface area contributed by atoms with E-state index in [2.05, 4.69) is 27.6 Å². The van der Waals surface area contributed by atoms with E-state index < -0.39 is 0 Å². The highest BCUT2D eigenvalue weighted by atomic mass is 127. The zero-order valence-electron chi connectivity index (χ0n) is 15.0. The summed E-state index contributed by atoms with van der Waals surface area (Å²) in [6, 6.07) is 7.90. The molecule has 5 nitrogen and oxygen atoms in total. The van der Waals surface area contributed by atoms with E-state index in [9.17, 15) is 0 Å². The van der Waals surface area contributed by atoms with Gasteiger partial charge in [-0.15, -0.1) is 35.7 Å². The van der Waals surface area contributed by atoms with E-state index in [1.165, 1.54) is 16.2 Å². The van der Waals surface area contributed by atoms with Crippen molar-refractivity contribution in [2.24, 2.45) is 12.0 Å². The van der Waals surface area contributed by atoms with Crippen LogP contribution < -0.4 is 10.6 Å². The van der Waals surface area contributed by atoms with Gasteiger partial charge in [0.1, 0.15) is 0 Å². The van der Waals surface area contributed by atoms with Crippen LogP contribution in [0.25, 0.3) is 0 Å². The van der Waals surface area contributed by atoms with E-state index in [-0.39, 0.29) is 24.0 Å². The molecule has 0 saturated heterocycles. The van der Waals surface area contributed by atoms with Crippen LogP contribution in [0.4, 0.5) is 0 Å². The number of aliphatic imine (C=N–C) groups is 1. The number of benzene rings is 1. The van der Waals surface area contributed by atoms with Crippen molar-refractivity contribution in [3.8, 4) is 0 Å². The summed E-state index contributed by atoms with van der Waals surface area (Å²) < 4.78 is 1.91. The molecule has 25 heavy (non-hydrogen) atoms. The molecule has 0 aliphatic carbocycles. The van der Waals surface area contributed by atoms with Crippen LogP contribution in [0.1, 0.15) is 17.0 Å². The fourth-order valence-corrected chi connectivity index (χ4v) is 3.23. The SMILES string of the molecule is CN=C(NCCSc1ccc(Cl)cc1)NCc1c(C)nn(C)c1C.I. The molecule has 8 heteroatoms. The summed E-state index contributed by atoms with van der Waals surface area (Å²) in [5.74, 6) is 1.75. The molecule has 0 unspecified atom stereocenters. The Bertz CT molecular complexity index is 700. The molecule has 0 spiro atoms. The number of hydrogen-bond acceptors (Lipinski definition) is 3. The third-order valence-electron chi connectivity index (χ3n) is 3.79. The summed E-state index contributed by atoms with van der Waals surface area (Å²) >= 11 is 7.68. The van der Waals surface area contributed by atoms with Crippen molar-refractivity contribution in [1.82, 2.24) is 20.4 Å². The topological polar surface area (TPSA) is 54.2 Å². The third-order valence-corrected chi connectivity index (χ3v) is 5.06. The molecule has 0 amide bonds. The van der Waals surface area contributed by atoms with Gasteiger partial charge in [-0.1, -0.05) is 11.6 Å². The van der Waals surface area contributed by atoms with Gasteiger partial charge in [-0.2, -0.15) is 5.10 Å². The maximum Gasteiger partial charge on any atom is 0.191 e. The van der Waals surface area contributed by atoms with Gasteiger partial charge in [-0.05, 0) is 38.1 Å². The normalized spacial score (nSPS) is 11.2. The highest BCUT2D eigenvalue weighted by Gasteiger charge is 2.09. The van der Waals surface area contributed by atoms with Gasteiger partial charge < -0.3 is 10.6 Å². The van der Waals surface area contributed by atoms with Crippen LogP contribution in [0.2, 0.25) is 5.02 Å². The van der Waals surface area contributed by atoms with E-state index >= 15 is 0 Å². The molecule has 2 N–H and O–H groups in total. The smallest absolute Gasteiger partial charge is 0.191 e. The second-order valence-electron chi connectivity index (χ2n) is 5.43. The van der Waals surface area contributed by atoms with Gasteiger partial charge in [0.2, 0.25) is 0 Å². The van der Waals surface area contributed by atoms with Crippen LogP contribution in [-0.2, 0) is 13.6 Å². The molecule has 0 aliphatic heterocycles. The zero-order valence-corrected chi connectivity index (χ0v) is 18.9. The lowest BCUT2D eigenvalue weighted by atomic mass is 10.2. The zero-order chi connectivity index (χ0) is 17.5. The summed E-state index contributed by atoms with van der Waals surface area (Å²) in [4.78, 5) is 5.48. The molecule has 0 bridgehead atoms. The van der Waals surface area contributed by atoms with Crippen LogP contribution in [-0.4, -0.2) is 35.1 Å². The standard InChI is InChI=1S/C17H24ClN5S.HI/c1-12-16(13(2)23(4)22-12)11-21-17(19-3)20-9-10-24-15-7-5-14(18)6-8-15;/h5-8H,9-11H2,1-4H3,(H2,19,20,21);1H. The lowest BCUT2D eigenvalue weighted by Crippen LogP contribution is -2.38. The number of rotatable bonds is 6. The number of halogens is 2. The summed E-state index contributed by atoms with van der Waals surface area (Å²) in [5, 5.41) is 11.9. The fourth-order valence-electron chi connectivity index (χ4n) is 2.34. The molecular formula is C17H25ClIN5S. The summed E-state index contributed by atoms with van der Waals surface area (Å²) in [6.45, 7) is 5.66. The Hall–Kier alpha value is -0.930. The second-order valence-corrected chi connectivity index (χ2v) is 7.03. The molecule has 138 valence electrons. The van der Waals surface area contributed by atoms with E-state index in [0.717, 1.165) is 35.5 Å². The summed E-state index contributed by atoms with van der Waals surface area (Å²) in [7, 11) is 3.75. The van der Waals surface area contributed by atoms with Crippen LogP contribution >= 0.6 is 47.3 Å². The molecule has 0 aliphatic rings. The molecule has 0 radical (unpaired) electrons. The van der Waals surface area contributed by atoms with Crippen molar-refractivity contribution in [2.75, 3.05) is 19.3 Å². The minimum Gasteiger partial charge on any atom is -0.356 e. The molecule has 2 aromatic rings. The quantitative estimate of drug-likeness (QED) is 0.211. The molecule has 1 heterocycles. The monoisotopic (exact) mass is 493 g/mol. The van der Waals surface area contributed by atoms with E-state index in [4.69, 9.17) is 11.6 Å². The predicted octanol–water partition coefficient (Wildman–Crippen LogP) is 3.77. The van der Waals surface area contributed by atoms with Crippen LogP contribution in [0, 0.1) is 13.8 Å². The first kappa shape index (κ1) is 22.1. The fraction of sp³-hybridized carbons (Fsp3) is 0.412. The van der Waals surface area contributed by atoms with Crippen molar-refractivity contribution in [3.05, 3.63) is 46.2 Å². The van der Waals surface area contributed by atoms with E-state index in [1.807, 2.05) is 42.9 Å². The highest BCUT2D eigenvalue weighted by molar-refractivity contribution is 14.0. The largest absolute Gasteiger partial charge is 0.356 e. The maximum absolute atomic E-state index is 5.89. The summed E-state index contributed by atoms with van der Waals surface area (Å²) in [6.07, 6.45) is 0. The maximum atomic E-state index is 5.89. The molecule has 0 atom stereocenters.